The van der Waals surface area contributed by atoms with Gasteiger partial charge in [-0.05, 0) is 38.7 Å². The second kappa shape index (κ2) is 4.47. The minimum absolute atomic E-state index is 1.08. The van der Waals surface area contributed by atoms with Crippen LogP contribution in [0.15, 0.2) is 23.2 Å². The van der Waals surface area contributed by atoms with Crippen LogP contribution in [0.4, 0.5) is 5.69 Å². The molecule has 0 aliphatic carbocycles. The van der Waals surface area contributed by atoms with E-state index in [-0.39, 0.29) is 0 Å². The van der Waals surface area contributed by atoms with Gasteiger partial charge < -0.3 is 0 Å². The highest BCUT2D eigenvalue weighted by atomic mass is 32.2. The number of aliphatic imine (C=N–C) groups is 1. The predicted octanol–water partition coefficient (Wildman–Crippen LogP) is 3.72. The van der Waals surface area contributed by atoms with Crippen LogP contribution in [0, 0.1) is 13.8 Å². The van der Waals surface area contributed by atoms with Gasteiger partial charge in [-0.3, -0.25) is 0 Å². The van der Waals surface area contributed by atoms with Crippen molar-refractivity contribution in [3.63, 3.8) is 0 Å². The van der Waals surface area contributed by atoms with E-state index >= 15 is 0 Å². The van der Waals surface area contributed by atoms with Gasteiger partial charge in [-0.25, -0.2) is 4.99 Å². The van der Waals surface area contributed by atoms with E-state index in [2.05, 4.69) is 37.0 Å². The summed E-state index contributed by atoms with van der Waals surface area (Å²) in [6.45, 7) is 6.23. The van der Waals surface area contributed by atoms with Crippen LogP contribution in [0.5, 0.6) is 0 Å². The molecule has 0 unspecified atom stereocenters. The quantitative estimate of drug-likeness (QED) is 0.489. The number of rotatable bonds is 1. The Morgan fingerprint density at radius 1 is 1.31 bits per heavy atom. The summed E-state index contributed by atoms with van der Waals surface area (Å²) in [6, 6.07) is 6.33. The number of hydrogen-bond donors (Lipinski definition) is 0. The van der Waals surface area contributed by atoms with Crippen LogP contribution in [0.1, 0.15) is 18.1 Å². The van der Waals surface area contributed by atoms with Crippen LogP contribution in [0.2, 0.25) is 0 Å². The molecule has 0 radical (unpaired) electrons. The maximum atomic E-state index is 4.50. The first-order valence-corrected chi connectivity index (χ1v) is 5.52. The van der Waals surface area contributed by atoms with E-state index in [1.165, 1.54) is 11.1 Å². The Balaban J connectivity index is 3.03. The molecular weight excluding hydrogens is 178 g/mol. The summed E-state index contributed by atoms with van der Waals surface area (Å²) in [4.78, 5) is 4.50. The molecule has 0 heterocycles. The van der Waals surface area contributed by atoms with Crippen LogP contribution < -0.4 is 0 Å². The molecule has 13 heavy (non-hydrogen) atoms. The molecule has 0 amide bonds. The highest BCUT2D eigenvalue weighted by Crippen LogP contribution is 2.20. The maximum absolute atomic E-state index is 4.50. The fourth-order valence-corrected chi connectivity index (χ4v) is 1.34. The number of nitrogens with zero attached hydrogens (tertiary/aromatic N) is 1. The Morgan fingerprint density at radius 3 is 2.54 bits per heavy atom. The van der Waals surface area contributed by atoms with Crippen molar-refractivity contribution in [3.8, 4) is 0 Å². The van der Waals surface area contributed by atoms with E-state index in [0.29, 0.717) is 0 Å². The van der Waals surface area contributed by atoms with E-state index in [4.69, 9.17) is 0 Å². The second-order valence-corrected chi connectivity index (χ2v) is 4.12. The molecule has 0 saturated heterocycles. The minimum atomic E-state index is 1.08. The first kappa shape index (κ1) is 10.3. The average molecular weight is 193 g/mol. The van der Waals surface area contributed by atoms with Crippen molar-refractivity contribution in [2.45, 2.75) is 20.8 Å². The second-order valence-electron chi connectivity index (χ2n) is 3.12. The third-order valence-corrected chi connectivity index (χ3v) is 2.61. The van der Waals surface area contributed by atoms with E-state index in [1.54, 1.807) is 11.8 Å². The Kier molecular flexibility index (Phi) is 3.55. The van der Waals surface area contributed by atoms with Crippen molar-refractivity contribution in [3.05, 3.63) is 29.3 Å². The Labute approximate surface area is 84.3 Å². The molecule has 1 rings (SSSR count). The van der Waals surface area contributed by atoms with Gasteiger partial charge in [0.25, 0.3) is 0 Å². The summed E-state index contributed by atoms with van der Waals surface area (Å²) in [7, 11) is 0. The van der Waals surface area contributed by atoms with Crippen molar-refractivity contribution in [1.29, 1.82) is 0 Å². The number of benzene rings is 1. The molecule has 70 valence electrons. The van der Waals surface area contributed by atoms with Crippen LogP contribution in [-0.2, 0) is 0 Å². The molecule has 1 aromatic rings. The highest BCUT2D eigenvalue weighted by Gasteiger charge is 1.96. The molecule has 0 N–H and O–H groups in total. The van der Waals surface area contributed by atoms with Gasteiger partial charge in [0.1, 0.15) is 0 Å². The lowest BCUT2D eigenvalue weighted by Gasteiger charge is -2.02. The molecule has 0 spiro atoms. The molecule has 0 aromatic heterocycles. The van der Waals surface area contributed by atoms with Crippen molar-refractivity contribution in [1.82, 2.24) is 0 Å². The molecule has 1 nitrogen and oxygen atoms in total. The lowest BCUT2D eigenvalue weighted by molar-refractivity contribution is 1.35. The first-order chi connectivity index (χ1) is 6.13. The molecule has 2 heteroatoms. The van der Waals surface area contributed by atoms with Gasteiger partial charge in [0.2, 0.25) is 0 Å². The smallest absolute Gasteiger partial charge is 0.0705 e. The van der Waals surface area contributed by atoms with Crippen LogP contribution in [0.3, 0.4) is 0 Å². The SMILES string of the molecule is CSC(C)=Nc1ccc(C)cc1C. The summed E-state index contributed by atoms with van der Waals surface area (Å²) >= 11 is 1.68. The lowest BCUT2D eigenvalue weighted by Crippen LogP contribution is -1.82. The third-order valence-electron chi connectivity index (χ3n) is 1.93. The largest absolute Gasteiger partial charge is 0.247 e. The Bertz CT molecular complexity index is 329. The zero-order chi connectivity index (χ0) is 9.84. The summed E-state index contributed by atoms with van der Waals surface area (Å²) in [6.07, 6.45) is 2.04. The Morgan fingerprint density at radius 2 is 2.00 bits per heavy atom. The maximum Gasteiger partial charge on any atom is 0.0705 e. The summed E-state index contributed by atoms with van der Waals surface area (Å²) in [5.41, 5.74) is 3.61. The van der Waals surface area contributed by atoms with Crippen molar-refractivity contribution in [2.75, 3.05) is 6.26 Å². The topological polar surface area (TPSA) is 12.4 Å². The van der Waals surface area contributed by atoms with Crippen LogP contribution >= 0.6 is 11.8 Å². The van der Waals surface area contributed by atoms with E-state index in [1.807, 2.05) is 13.2 Å². The van der Waals surface area contributed by atoms with Crippen molar-refractivity contribution < 1.29 is 0 Å². The average Bonchev–Trinajstić information content (AvgIpc) is 2.09. The first-order valence-electron chi connectivity index (χ1n) is 4.30. The molecule has 0 bridgehead atoms. The molecule has 0 saturated carbocycles. The summed E-state index contributed by atoms with van der Waals surface area (Å²) in [5, 5.41) is 1.10. The van der Waals surface area contributed by atoms with Gasteiger partial charge in [-0.15, -0.1) is 11.8 Å². The molecule has 1 aromatic carbocycles. The van der Waals surface area contributed by atoms with E-state index in [0.717, 1.165) is 10.7 Å². The molecule has 0 atom stereocenters. The normalized spacial score (nSPS) is 11.8. The van der Waals surface area contributed by atoms with Gasteiger partial charge in [-0.1, -0.05) is 17.7 Å². The zero-order valence-electron chi connectivity index (χ0n) is 8.59. The fraction of sp³-hybridized carbons (Fsp3) is 0.364. The van der Waals surface area contributed by atoms with Gasteiger partial charge in [0, 0.05) is 0 Å². The van der Waals surface area contributed by atoms with Gasteiger partial charge in [-0.2, -0.15) is 0 Å². The molecule has 0 aliphatic rings. The van der Waals surface area contributed by atoms with Crippen molar-refractivity contribution in [2.24, 2.45) is 4.99 Å². The standard InChI is InChI=1S/C11H15NS/c1-8-5-6-11(9(2)7-8)12-10(3)13-4/h5-7H,1-4H3. The van der Waals surface area contributed by atoms with E-state index < -0.39 is 0 Å². The van der Waals surface area contributed by atoms with Crippen LogP contribution in [0.25, 0.3) is 0 Å². The molecule has 0 fully saturated rings. The zero-order valence-corrected chi connectivity index (χ0v) is 9.40. The minimum Gasteiger partial charge on any atom is -0.247 e. The van der Waals surface area contributed by atoms with Crippen LogP contribution in [-0.4, -0.2) is 11.3 Å². The third kappa shape index (κ3) is 2.88. The van der Waals surface area contributed by atoms with Crippen molar-refractivity contribution >= 4 is 22.5 Å². The number of hydrogen-bond acceptors (Lipinski definition) is 2. The lowest BCUT2D eigenvalue weighted by atomic mass is 10.1. The summed E-state index contributed by atoms with van der Waals surface area (Å²) < 4.78 is 0. The van der Waals surface area contributed by atoms with Gasteiger partial charge in [0.15, 0.2) is 0 Å². The Hall–Kier alpha value is -0.760. The van der Waals surface area contributed by atoms with Gasteiger partial charge in [0.05, 0.1) is 10.7 Å². The highest BCUT2D eigenvalue weighted by molar-refractivity contribution is 8.13. The monoisotopic (exact) mass is 193 g/mol. The molecule has 0 aliphatic heterocycles. The summed E-state index contributed by atoms with van der Waals surface area (Å²) in [5.74, 6) is 0. The van der Waals surface area contributed by atoms with Gasteiger partial charge >= 0.3 is 0 Å². The number of thioether (sulfide) groups is 1. The van der Waals surface area contributed by atoms with E-state index in [9.17, 15) is 0 Å². The number of aryl methyl sites for hydroxylation is 2. The fourth-order valence-electron chi connectivity index (χ4n) is 1.15. The predicted molar refractivity (Wildman–Crippen MR) is 62.2 cm³/mol. The molecular formula is C11H15NS.